The number of phenolic OH excluding ortho intramolecular Hbond substituents is 1. The van der Waals surface area contributed by atoms with Gasteiger partial charge >= 0.3 is 0 Å². The Kier molecular flexibility index (Phi) is 4.74. The van der Waals surface area contributed by atoms with Crippen LogP contribution >= 0.6 is 15.9 Å². The molecular formula is C15H16BrNO3. The molecule has 4 nitrogen and oxygen atoms in total. The van der Waals surface area contributed by atoms with E-state index in [1.54, 1.807) is 20.3 Å². The number of rotatable bonds is 5. The molecule has 0 atom stereocenters. The number of methoxy groups -OCH3 is 2. The second-order valence-electron chi connectivity index (χ2n) is 4.17. The van der Waals surface area contributed by atoms with Crippen LogP contribution in [-0.2, 0) is 6.54 Å². The summed E-state index contributed by atoms with van der Waals surface area (Å²) in [5.41, 5.74) is 1.64. The van der Waals surface area contributed by atoms with Crippen LogP contribution in [0.1, 0.15) is 5.56 Å². The zero-order chi connectivity index (χ0) is 14.5. The molecule has 0 saturated carbocycles. The van der Waals surface area contributed by atoms with Crippen LogP contribution in [0.25, 0.3) is 0 Å². The summed E-state index contributed by atoms with van der Waals surface area (Å²) >= 11 is 3.29. The van der Waals surface area contributed by atoms with Crippen molar-refractivity contribution in [1.29, 1.82) is 0 Å². The van der Waals surface area contributed by atoms with Crippen molar-refractivity contribution >= 4 is 21.6 Å². The Morgan fingerprint density at radius 1 is 1.15 bits per heavy atom. The van der Waals surface area contributed by atoms with Gasteiger partial charge in [0, 0.05) is 18.2 Å². The zero-order valence-electron chi connectivity index (χ0n) is 11.3. The smallest absolute Gasteiger partial charge is 0.152 e. The van der Waals surface area contributed by atoms with Crippen LogP contribution < -0.4 is 14.8 Å². The first-order valence-corrected chi connectivity index (χ1v) is 6.87. The molecule has 2 aromatic carbocycles. The molecule has 0 unspecified atom stereocenters. The summed E-state index contributed by atoms with van der Waals surface area (Å²) < 4.78 is 11.2. The maximum atomic E-state index is 9.92. The molecule has 0 amide bonds. The van der Waals surface area contributed by atoms with Crippen LogP contribution in [0.3, 0.4) is 0 Å². The monoisotopic (exact) mass is 337 g/mol. The molecule has 2 aromatic rings. The van der Waals surface area contributed by atoms with E-state index in [4.69, 9.17) is 9.47 Å². The maximum Gasteiger partial charge on any atom is 0.152 e. The number of phenols is 1. The molecule has 0 heterocycles. The van der Waals surface area contributed by atoms with E-state index in [-0.39, 0.29) is 5.75 Å². The van der Waals surface area contributed by atoms with Crippen molar-refractivity contribution < 1.29 is 14.6 Å². The Morgan fingerprint density at radius 2 is 1.95 bits per heavy atom. The van der Waals surface area contributed by atoms with Gasteiger partial charge < -0.3 is 19.9 Å². The number of halogens is 1. The third kappa shape index (κ3) is 3.17. The standard InChI is InChI=1S/C15H16BrNO3/c1-19-11-7-6-10(14(8-11)20-2)9-17-13-5-3-4-12(16)15(13)18/h3-8,17-18H,9H2,1-2H3. The van der Waals surface area contributed by atoms with Crippen molar-refractivity contribution in [3.8, 4) is 17.2 Å². The molecule has 0 bridgehead atoms. The van der Waals surface area contributed by atoms with E-state index in [0.717, 1.165) is 17.1 Å². The van der Waals surface area contributed by atoms with Crippen LogP contribution in [0, 0.1) is 0 Å². The zero-order valence-corrected chi connectivity index (χ0v) is 12.9. The molecule has 0 aliphatic rings. The number of benzene rings is 2. The maximum absolute atomic E-state index is 9.92. The molecule has 0 saturated heterocycles. The van der Waals surface area contributed by atoms with Gasteiger partial charge in [-0.1, -0.05) is 6.07 Å². The molecule has 2 rings (SSSR count). The molecule has 5 heteroatoms. The quantitative estimate of drug-likeness (QED) is 0.815. The van der Waals surface area contributed by atoms with Gasteiger partial charge in [-0.3, -0.25) is 0 Å². The van der Waals surface area contributed by atoms with E-state index in [0.29, 0.717) is 16.7 Å². The molecule has 0 aliphatic carbocycles. The van der Waals surface area contributed by atoms with Crippen LogP contribution in [0.15, 0.2) is 40.9 Å². The average molecular weight is 338 g/mol. The highest BCUT2D eigenvalue weighted by Crippen LogP contribution is 2.32. The summed E-state index contributed by atoms with van der Waals surface area (Å²) in [7, 11) is 3.24. The number of aromatic hydroxyl groups is 1. The molecular weight excluding hydrogens is 322 g/mol. The molecule has 0 aliphatic heterocycles. The Bertz CT molecular complexity index is 602. The second-order valence-corrected chi connectivity index (χ2v) is 5.02. The predicted octanol–water partition coefficient (Wildman–Crippen LogP) is 3.78. The van der Waals surface area contributed by atoms with Gasteiger partial charge in [0.05, 0.1) is 24.4 Å². The SMILES string of the molecule is COc1ccc(CNc2cccc(Br)c2O)c(OC)c1. The molecule has 20 heavy (non-hydrogen) atoms. The lowest BCUT2D eigenvalue weighted by atomic mass is 10.2. The molecule has 0 spiro atoms. The van der Waals surface area contributed by atoms with Crippen molar-refractivity contribution in [3.63, 3.8) is 0 Å². The molecule has 0 fully saturated rings. The summed E-state index contributed by atoms with van der Waals surface area (Å²) in [6.45, 7) is 0.539. The number of nitrogens with one attached hydrogen (secondary N) is 1. The van der Waals surface area contributed by atoms with E-state index in [9.17, 15) is 5.11 Å². The van der Waals surface area contributed by atoms with Gasteiger partial charge in [0.1, 0.15) is 11.5 Å². The van der Waals surface area contributed by atoms with Crippen molar-refractivity contribution in [1.82, 2.24) is 0 Å². The topological polar surface area (TPSA) is 50.7 Å². The van der Waals surface area contributed by atoms with E-state index in [1.807, 2.05) is 30.3 Å². The van der Waals surface area contributed by atoms with Gasteiger partial charge in [-0.25, -0.2) is 0 Å². The highest BCUT2D eigenvalue weighted by Gasteiger charge is 2.07. The minimum Gasteiger partial charge on any atom is -0.505 e. The molecule has 0 aromatic heterocycles. The Labute approximate surface area is 126 Å². The van der Waals surface area contributed by atoms with Gasteiger partial charge in [-0.15, -0.1) is 0 Å². The normalized spacial score (nSPS) is 10.2. The van der Waals surface area contributed by atoms with Gasteiger partial charge in [0.2, 0.25) is 0 Å². The number of anilines is 1. The van der Waals surface area contributed by atoms with E-state index < -0.39 is 0 Å². The van der Waals surface area contributed by atoms with Crippen LogP contribution in [0.4, 0.5) is 5.69 Å². The predicted molar refractivity (Wildman–Crippen MR) is 82.7 cm³/mol. The summed E-state index contributed by atoms with van der Waals surface area (Å²) in [4.78, 5) is 0. The van der Waals surface area contributed by atoms with Crippen molar-refractivity contribution in [2.45, 2.75) is 6.54 Å². The number of ether oxygens (including phenoxy) is 2. The summed E-state index contributed by atoms with van der Waals surface area (Å²) in [6.07, 6.45) is 0. The van der Waals surface area contributed by atoms with E-state index >= 15 is 0 Å². The van der Waals surface area contributed by atoms with Crippen molar-refractivity contribution in [2.24, 2.45) is 0 Å². The fraction of sp³-hybridized carbons (Fsp3) is 0.200. The first-order valence-electron chi connectivity index (χ1n) is 6.08. The third-order valence-electron chi connectivity index (χ3n) is 2.95. The first-order chi connectivity index (χ1) is 9.65. The van der Waals surface area contributed by atoms with Crippen molar-refractivity contribution in [3.05, 3.63) is 46.4 Å². The third-order valence-corrected chi connectivity index (χ3v) is 3.59. The number of para-hydroxylation sites is 1. The van der Waals surface area contributed by atoms with Gasteiger partial charge in [0.15, 0.2) is 5.75 Å². The van der Waals surface area contributed by atoms with Gasteiger partial charge in [-0.2, -0.15) is 0 Å². The van der Waals surface area contributed by atoms with Crippen LogP contribution in [0.5, 0.6) is 17.2 Å². The van der Waals surface area contributed by atoms with Crippen LogP contribution in [0.2, 0.25) is 0 Å². The van der Waals surface area contributed by atoms with Crippen molar-refractivity contribution in [2.75, 3.05) is 19.5 Å². The number of hydrogen-bond acceptors (Lipinski definition) is 4. The lowest BCUT2D eigenvalue weighted by Crippen LogP contribution is -2.02. The largest absolute Gasteiger partial charge is 0.505 e. The average Bonchev–Trinajstić information content (AvgIpc) is 2.48. The second kappa shape index (κ2) is 6.52. The fourth-order valence-electron chi connectivity index (χ4n) is 1.85. The lowest BCUT2D eigenvalue weighted by molar-refractivity contribution is 0.391. The minimum atomic E-state index is 0.194. The van der Waals surface area contributed by atoms with Crippen LogP contribution in [-0.4, -0.2) is 19.3 Å². The minimum absolute atomic E-state index is 0.194. The summed E-state index contributed by atoms with van der Waals surface area (Å²) in [6, 6.07) is 11.1. The lowest BCUT2D eigenvalue weighted by Gasteiger charge is -2.13. The Hall–Kier alpha value is -1.88. The molecule has 2 N–H and O–H groups in total. The summed E-state index contributed by atoms with van der Waals surface area (Å²) in [5, 5.41) is 13.1. The molecule has 106 valence electrons. The highest BCUT2D eigenvalue weighted by atomic mass is 79.9. The highest BCUT2D eigenvalue weighted by molar-refractivity contribution is 9.10. The Morgan fingerprint density at radius 3 is 2.65 bits per heavy atom. The van der Waals surface area contributed by atoms with E-state index in [2.05, 4.69) is 21.2 Å². The fourth-order valence-corrected chi connectivity index (χ4v) is 2.21. The van der Waals surface area contributed by atoms with Gasteiger partial charge in [-0.05, 0) is 40.2 Å². The van der Waals surface area contributed by atoms with E-state index in [1.165, 1.54) is 0 Å². The molecule has 0 radical (unpaired) electrons. The van der Waals surface area contributed by atoms with Gasteiger partial charge in [0.25, 0.3) is 0 Å². The number of hydrogen-bond donors (Lipinski definition) is 2. The first kappa shape index (κ1) is 14.5. The summed E-state index contributed by atoms with van der Waals surface area (Å²) in [5.74, 6) is 1.68. The Balaban J connectivity index is 2.16.